The molecule has 2 aromatic rings. The first-order valence-corrected chi connectivity index (χ1v) is 13.8. The van der Waals surface area contributed by atoms with E-state index in [1.807, 2.05) is 57.2 Å². The summed E-state index contributed by atoms with van der Waals surface area (Å²) in [7, 11) is -3.75. The van der Waals surface area contributed by atoms with Gasteiger partial charge in [0.2, 0.25) is 21.8 Å². The summed E-state index contributed by atoms with van der Waals surface area (Å²) in [5.41, 5.74) is 2.91. The molecule has 0 aliphatic heterocycles. The van der Waals surface area contributed by atoms with E-state index >= 15 is 0 Å². The number of halogens is 1. The van der Waals surface area contributed by atoms with E-state index in [1.165, 1.54) is 4.90 Å². The van der Waals surface area contributed by atoms with Crippen LogP contribution in [0.25, 0.3) is 0 Å². The minimum absolute atomic E-state index is 0.173. The maximum Gasteiger partial charge on any atom is 0.244 e. The number of sulfonamides is 1. The molecule has 0 aromatic heterocycles. The van der Waals surface area contributed by atoms with Gasteiger partial charge in [0.05, 0.1) is 11.9 Å². The van der Waals surface area contributed by atoms with Crippen LogP contribution in [0.3, 0.4) is 0 Å². The first-order valence-electron chi connectivity index (χ1n) is 11.2. The van der Waals surface area contributed by atoms with Crippen LogP contribution in [-0.2, 0) is 26.2 Å². The second-order valence-electron chi connectivity index (χ2n) is 9.02. The van der Waals surface area contributed by atoms with E-state index in [2.05, 4.69) is 21.2 Å². The molecular formula is C25H34BrN3O4S. The number of hydrogen-bond acceptors (Lipinski definition) is 4. The lowest BCUT2D eigenvalue weighted by Crippen LogP contribution is -2.51. The Bertz CT molecular complexity index is 1120. The van der Waals surface area contributed by atoms with Gasteiger partial charge in [-0.2, -0.15) is 0 Å². The molecule has 0 spiro atoms. The third-order valence-electron chi connectivity index (χ3n) is 5.43. The first-order chi connectivity index (χ1) is 15.8. The van der Waals surface area contributed by atoms with Gasteiger partial charge in [-0.25, -0.2) is 8.42 Å². The van der Waals surface area contributed by atoms with Crippen LogP contribution in [0.1, 0.15) is 37.5 Å². The standard InChI is InChI=1S/C25H34BrN3O4S/c1-17(2)14-27-25(31)20(5)28(15-21-9-11-22(26)12-10-21)24(30)16-29(34(6,32)33)23-13-18(3)7-8-19(23)4/h7-13,17,20H,14-16H2,1-6H3,(H,27,31)/t20-/m0/s1. The van der Waals surface area contributed by atoms with Crippen molar-refractivity contribution in [3.63, 3.8) is 0 Å². The van der Waals surface area contributed by atoms with E-state index in [0.29, 0.717) is 12.2 Å². The highest BCUT2D eigenvalue weighted by Crippen LogP contribution is 2.24. The predicted molar refractivity (Wildman–Crippen MR) is 140 cm³/mol. The molecular weight excluding hydrogens is 518 g/mol. The van der Waals surface area contributed by atoms with E-state index in [0.717, 1.165) is 31.7 Å². The molecule has 0 unspecified atom stereocenters. The first kappa shape index (κ1) is 27.9. The molecule has 2 amide bonds. The largest absolute Gasteiger partial charge is 0.354 e. The second kappa shape index (κ2) is 11.8. The van der Waals surface area contributed by atoms with Gasteiger partial charge in [0, 0.05) is 17.6 Å². The predicted octanol–water partition coefficient (Wildman–Crippen LogP) is 4.02. The average Bonchev–Trinajstić information content (AvgIpc) is 2.75. The summed E-state index contributed by atoms with van der Waals surface area (Å²) in [5, 5.41) is 2.87. The number of hydrogen-bond donors (Lipinski definition) is 1. The molecule has 0 fully saturated rings. The quantitative estimate of drug-likeness (QED) is 0.483. The Morgan fingerprint density at radius 3 is 2.21 bits per heavy atom. The Kier molecular flexibility index (Phi) is 9.70. The fraction of sp³-hybridized carbons (Fsp3) is 0.440. The van der Waals surface area contributed by atoms with Crippen molar-refractivity contribution in [3.05, 3.63) is 63.6 Å². The summed E-state index contributed by atoms with van der Waals surface area (Å²) in [6.07, 6.45) is 1.08. The molecule has 0 saturated heterocycles. The van der Waals surface area contributed by atoms with Crippen LogP contribution in [0, 0.1) is 19.8 Å². The maximum atomic E-state index is 13.6. The minimum atomic E-state index is -3.75. The van der Waals surface area contributed by atoms with Crippen LogP contribution in [-0.4, -0.2) is 50.5 Å². The Labute approximate surface area is 211 Å². The fourth-order valence-corrected chi connectivity index (χ4v) is 4.57. The molecule has 34 heavy (non-hydrogen) atoms. The second-order valence-corrected chi connectivity index (χ2v) is 11.8. The molecule has 0 saturated carbocycles. The van der Waals surface area contributed by atoms with Crippen LogP contribution in [0.4, 0.5) is 5.69 Å². The van der Waals surface area contributed by atoms with E-state index in [1.54, 1.807) is 19.9 Å². The van der Waals surface area contributed by atoms with Crippen molar-refractivity contribution in [2.75, 3.05) is 23.7 Å². The van der Waals surface area contributed by atoms with Crippen LogP contribution in [0.2, 0.25) is 0 Å². The molecule has 1 N–H and O–H groups in total. The molecule has 0 heterocycles. The Balaban J connectivity index is 2.40. The van der Waals surface area contributed by atoms with Crippen LogP contribution >= 0.6 is 15.9 Å². The number of carbonyl (C=O) groups is 2. The summed E-state index contributed by atoms with van der Waals surface area (Å²) < 4.78 is 27.4. The number of amides is 2. The number of rotatable bonds is 10. The van der Waals surface area contributed by atoms with Crippen molar-refractivity contribution in [1.29, 1.82) is 0 Å². The summed E-state index contributed by atoms with van der Waals surface area (Å²) in [6.45, 7) is 9.57. The Morgan fingerprint density at radius 2 is 1.65 bits per heavy atom. The topological polar surface area (TPSA) is 86.8 Å². The van der Waals surface area contributed by atoms with Crippen molar-refractivity contribution in [2.45, 2.75) is 47.2 Å². The zero-order valence-electron chi connectivity index (χ0n) is 20.6. The molecule has 0 aliphatic carbocycles. The van der Waals surface area contributed by atoms with Crippen LogP contribution in [0.15, 0.2) is 46.9 Å². The number of nitrogens with zero attached hydrogens (tertiary/aromatic N) is 2. The summed E-state index contributed by atoms with van der Waals surface area (Å²) >= 11 is 3.40. The van der Waals surface area contributed by atoms with Crippen molar-refractivity contribution >= 4 is 43.5 Å². The number of nitrogens with one attached hydrogen (secondary N) is 1. The van der Waals surface area contributed by atoms with Gasteiger partial charge in [-0.15, -0.1) is 0 Å². The molecule has 0 bridgehead atoms. The van der Waals surface area contributed by atoms with Crippen molar-refractivity contribution in [2.24, 2.45) is 5.92 Å². The van der Waals surface area contributed by atoms with E-state index in [4.69, 9.17) is 0 Å². The minimum Gasteiger partial charge on any atom is -0.354 e. The molecule has 1 atom stereocenters. The van der Waals surface area contributed by atoms with Crippen molar-refractivity contribution < 1.29 is 18.0 Å². The number of benzene rings is 2. The highest BCUT2D eigenvalue weighted by molar-refractivity contribution is 9.10. The molecule has 2 aromatic carbocycles. The molecule has 0 aliphatic rings. The fourth-order valence-electron chi connectivity index (χ4n) is 3.40. The normalized spacial score (nSPS) is 12.4. The van der Waals surface area contributed by atoms with E-state index in [-0.39, 0.29) is 18.4 Å². The highest BCUT2D eigenvalue weighted by Gasteiger charge is 2.30. The number of aryl methyl sites for hydroxylation is 2. The smallest absolute Gasteiger partial charge is 0.244 e. The zero-order chi connectivity index (χ0) is 25.6. The molecule has 2 rings (SSSR count). The summed E-state index contributed by atoms with van der Waals surface area (Å²) in [4.78, 5) is 27.8. The number of carbonyl (C=O) groups excluding carboxylic acids is 2. The summed E-state index contributed by atoms with van der Waals surface area (Å²) in [6, 6.07) is 12.1. The number of anilines is 1. The molecule has 7 nitrogen and oxygen atoms in total. The lowest BCUT2D eigenvalue weighted by molar-refractivity contribution is -0.139. The van der Waals surface area contributed by atoms with Gasteiger partial charge in [0.25, 0.3) is 0 Å². The van der Waals surface area contributed by atoms with Gasteiger partial charge in [-0.3, -0.25) is 13.9 Å². The van der Waals surface area contributed by atoms with Crippen molar-refractivity contribution in [1.82, 2.24) is 10.2 Å². The van der Waals surface area contributed by atoms with Gasteiger partial charge in [0.15, 0.2) is 0 Å². The average molecular weight is 553 g/mol. The highest BCUT2D eigenvalue weighted by atomic mass is 79.9. The van der Waals surface area contributed by atoms with Gasteiger partial charge >= 0.3 is 0 Å². The lowest BCUT2D eigenvalue weighted by atomic mass is 10.1. The molecule has 0 radical (unpaired) electrons. The van der Waals surface area contributed by atoms with Gasteiger partial charge in [-0.05, 0) is 61.6 Å². The van der Waals surface area contributed by atoms with Crippen LogP contribution < -0.4 is 9.62 Å². The third kappa shape index (κ3) is 7.84. The lowest BCUT2D eigenvalue weighted by Gasteiger charge is -2.32. The van der Waals surface area contributed by atoms with Gasteiger partial charge in [-0.1, -0.05) is 54.0 Å². The third-order valence-corrected chi connectivity index (χ3v) is 7.09. The molecule has 9 heteroatoms. The summed E-state index contributed by atoms with van der Waals surface area (Å²) in [5.74, 6) is -0.477. The van der Waals surface area contributed by atoms with Gasteiger partial charge in [0.1, 0.15) is 12.6 Å². The van der Waals surface area contributed by atoms with E-state index in [9.17, 15) is 18.0 Å². The van der Waals surface area contributed by atoms with Crippen molar-refractivity contribution in [3.8, 4) is 0 Å². The SMILES string of the molecule is Cc1ccc(C)c(N(CC(=O)N(Cc2ccc(Br)cc2)[C@@H](C)C(=O)NCC(C)C)S(C)(=O)=O)c1. The van der Waals surface area contributed by atoms with Gasteiger partial charge < -0.3 is 10.2 Å². The Hall–Kier alpha value is -2.39. The molecule has 186 valence electrons. The monoisotopic (exact) mass is 551 g/mol. The van der Waals surface area contributed by atoms with Crippen LogP contribution in [0.5, 0.6) is 0 Å². The van der Waals surface area contributed by atoms with E-state index < -0.39 is 28.5 Å². The maximum absolute atomic E-state index is 13.6. The Morgan fingerprint density at radius 1 is 1.03 bits per heavy atom. The zero-order valence-corrected chi connectivity index (χ0v) is 23.0.